The van der Waals surface area contributed by atoms with Gasteiger partial charge >= 0.3 is 0 Å². The monoisotopic (exact) mass is 218 g/mol. The lowest BCUT2D eigenvalue weighted by molar-refractivity contribution is -0.130. The molecule has 0 aromatic carbocycles. The van der Waals surface area contributed by atoms with E-state index in [1.165, 1.54) is 21.3 Å². The molecule has 0 saturated carbocycles. The van der Waals surface area contributed by atoms with Crippen molar-refractivity contribution < 1.29 is 19.5 Å². The zero-order chi connectivity index (χ0) is 12.1. The average molecular weight is 218 g/mol. The molecular weight excluding hydrogens is 200 g/mol. The summed E-state index contributed by atoms with van der Waals surface area (Å²) in [6.45, 7) is 3.41. The van der Waals surface area contributed by atoms with Crippen molar-refractivity contribution in [1.82, 2.24) is 5.32 Å². The molecule has 0 aliphatic rings. The molecule has 0 radical (unpaired) electrons. The normalized spacial score (nSPS) is 14.6. The van der Waals surface area contributed by atoms with Crippen molar-refractivity contribution >= 4 is 11.8 Å². The second-order valence-electron chi connectivity index (χ2n) is 3.50. The second-order valence-corrected chi connectivity index (χ2v) is 3.50. The third kappa shape index (κ3) is 3.09. The van der Waals surface area contributed by atoms with Gasteiger partial charge in [-0.3, -0.25) is 4.79 Å². The van der Waals surface area contributed by atoms with Crippen LogP contribution in [0.2, 0.25) is 0 Å². The van der Waals surface area contributed by atoms with E-state index in [9.17, 15) is 4.79 Å². The molecule has 0 bridgehead atoms. The van der Waals surface area contributed by atoms with E-state index in [1.54, 1.807) is 13.8 Å². The van der Waals surface area contributed by atoms with Crippen LogP contribution in [0.25, 0.3) is 0 Å². The lowest BCUT2D eigenvalue weighted by Crippen LogP contribution is -2.48. The Hall–Kier alpha value is -1.30. The van der Waals surface area contributed by atoms with Crippen molar-refractivity contribution in [3.8, 4) is 0 Å². The van der Waals surface area contributed by atoms with Gasteiger partial charge in [0.25, 0.3) is 0 Å². The number of carbonyl (C=O) groups is 1. The number of carbonyl (C=O) groups excluding carboxylic acids is 1. The van der Waals surface area contributed by atoms with Gasteiger partial charge in [0.05, 0.1) is 12.7 Å². The molecule has 0 saturated heterocycles. The molecule has 0 aliphatic carbocycles. The molecule has 0 aliphatic heterocycles. The van der Waals surface area contributed by atoms with Gasteiger partial charge in [-0.1, -0.05) is 5.16 Å². The lowest BCUT2D eigenvalue weighted by Gasteiger charge is -2.30. The van der Waals surface area contributed by atoms with Crippen molar-refractivity contribution in [2.75, 3.05) is 21.3 Å². The van der Waals surface area contributed by atoms with Crippen molar-refractivity contribution in [1.29, 1.82) is 0 Å². The molecular formula is C9H18N2O4. The summed E-state index contributed by atoms with van der Waals surface area (Å²) in [7, 11) is 4.29. The van der Waals surface area contributed by atoms with Crippen LogP contribution >= 0.6 is 0 Å². The Morgan fingerprint density at radius 2 is 2.00 bits per heavy atom. The van der Waals surface area contributed by atoms with E-state index in [-0.39, 0.29) is 11.8 Å². The number of methoxy groups -OCH3 is 2. The first-order valence-electron chi connectivity index (χ1n) is 4.47. The van der Waals surface area contributed by atoms with Gasteiger partial charge in [0.1, 0.15) is 5.92 Å². The second kappa shape index (κ2) is 5.55. The van der Waals surface area contributed by atoms with E-state index in [0.717, 1.165) is 0 Å². The van der Waals surface area contributed by atoms with Gasteiger partial charge in [-0.25, -0.2) is 0 Å². The predicted molar refractivity (Wildman–Crippen MR) is 54.9 cm³/mol. The maximum Gasteiger partial charge on any atom is 0.240 e. The van der Waals surface area contributed by atoms with Gasteiger partial charge < -0.3 is 20.0 Å². The number of nitrogens with one attached hydrogen (secondary N) is 1. The molecule has 0 fully saturated rings. The van der Waals surface area contributed by atoms with Crippen LogP contribution in [0, 0.1) is 5.92 Å². The third-order valence-electron chi connectivity index (χ3n) is 2.28. The Bertz CT molecular complexity index is 250. The quantitative estimate of drug-likeness (QED) is 0.306. The van der Waals surface area contributed by atoms with E-state index in [2.05, 4.69) is 10.5 Å². The Balaban J connectivity index is 5.14. The minimum absolute atomic E-state index is 0.0822. The molecule has 0 heterocycles. The molecule has 6 nitrogen and oxygen atoms in total. The van der Waals surface area contributed by atoms with Crippen LogP contribution in [0.4, 0.5) is 0 Å². The first-order valence-corrected chi connectivity index (χ1v) is 4.47. The fraction of sp³-hybridized carbons (Fsp3) is 0.778. The summed E-state index contributed by atoms with van der Waals surface area (Å²) in [5, 5.41) is 14.1. The van der Waals surface area contributed by atoms with Gasteiger partial charge in [0, 0.05) is 14.2 Å². The number of ether oxygens (including phenoxy) is 2. The first-order chi connectivity index (χ1) is 6.94. The van der Waals surface area contributed by atoms with Crippen molar-refractivity contribution in [3.05, 3.63) is 0 Å². The number of oxime groups is 1. The van der Waals surface area contributed by atoms with Gasteiger partial charge in [-0.2, -0.15) is 0 Å². The SMILES string of the molecule is CNC(=O)C(/C(=N/O)OC)C(C)(C)OC. The van der Waals surface area contributed by atoms with E-state index in [0.29, 0.717) is 0 Å². The highest BCUT2D eigenvalue weighted by Gasteiger charge is 2.40. The van der Waals surface area contributed by atoms with E-state index in [1.807, 2.05) is 0 Å². The Morgan fingerprint density at radius 1 is 1.47 bits per heavy atom. The summed E-state index contributed by atoms with van der Waals surface area (Å²) in [6, 6.07) is 0. The summed E-state index contributed by atoms with van der Waals surface area (Å²) in [6.07, 6.45) is 0. The van der Waals surface area contributed by atoms with Crippen LogP contribution in [-0.2, 0) is 14.3 Å². The van der Waals surface area contributed by atoms with Crippen LogP contribution in [0.5, 0.6) is 0 Å². The number of hydrogen-bond donors (Lipinski definition) is 2. The lowest BCUT2D eigenvalue weighted by atomic mass is 9.89. The van der Waals surface area contributed by atoms with Crippen LogP contribution in [-0.4, -0.2) is 43.9 Å². The Labute approximate surface area is 89.2 Å². The fourth-order valence-corrected chi connectivity index (χ4v) is 1.20. The molecule has 15 heavy (non-hydrogen) atoms. The maximum atomic E-state index is 11.6. The van der Waals surface area contributed by atoms with Crippen molar-refractivity contribution in [3.63, 3.8) is 0 Å². The zero-order valence-corrected chi connectivity index (χ0v) is 9.70. The zero-order valence-electron chi connectivity index (χ0n) is 9.70. The van der Waals surface area contributed by atoms with Crippen LogP contribution in [0.1, 0.15) is 13.8 Å². The number of rotatable bonds is 4. The molecule has 2 N–H and O–H groups in total. The predicted octanol–water partition coefficient (Wildman–Crippen LogP) is 0.208. The topological polar surface area (TPSA) is 80.2 Å². The van der Waals surface area contributed by atoms with Crippen molar-refractivity contribution in [2.45, 2.75) is 19.4 Å². The fourth-order valence-electron chi connectivity index (χ4n) is 1.20. The van der Waals surface area contributed by atoms with Gasteiger partial charge in [0.15, 0.2) is 0 Å². The highest BCUT2D eigenvalue weighted by atomic mass is 16.5. The minimum atomic E-state index is -0.822. The summed E-state index contributed by atoms with van der Waals surface area (Å²) >= 11 is 0. The van der Waals surface area contributed by atoms with Gasteiger partial charge in [0.2, 0.25) is 11.8 Å². The summed E-state index contributed by atoms with van der Waals surface area (Å²) in [5.41, 5.74) is -0.822. The highest BCUT2D eigenvalue weighted by Crippen LogP contribution is 2.22. The van der Waals surface area contributed by atoms with Gasteiger partial charge in [-0.15, -0.1) is 0 Å². The van der Waals surface area contributed by atoms with Gasteiger partial charge in [-0.05, 0) is 13.8 Å². The molecule has 1 unspecified atom stereocenters. The largest absolute Gasteiger partial charge is 0.481 e. The molecule has 1 atom stereocenters. The molecule has 0 spiro atoms. The molecule has 0 aromatic rings. The number of hydrogen-bond acceptors (Lipinski definition) is 5. The molecule has 0 rings (SSSR count). The van der Waals surface area contributed by atoms with E-state index in [4.69, 9.17) is 14.7 Å². The minimum Gasteiger partial charge on any atom is -0.481 e. The standard InChI is InChI=1S/C9H18N2O4/c1-9(2,15-5)6(7(12)10-3)8(11-13)14-4/h6,13H,1-5H3,(H,10,12)/b11-8-. The molecule has 1 amide bonds. The Kier molecular flexibility index (Phi) is 5.07. The smallest absolute Gasteiger partial charge is 0.240 e. The summed E-state index contributed by atoms with van der Waals surface area (Å²) in [5.74, 6) is -1.22. The highest BCUT2D eigenvalue weighted by molar-refractivity contribution is 6.01. The number of nitrogens with zero attached hydrogens (tertiary/aromatic N) is 1. The van der Waals surface area contributed by atoms with Crippen LogP contribution in [0.3, 0.4) is 0 Å². The van der Waals surface area contributed by atoms with E-state index >= 15 is 0 Å². The summed E-state index contributed by atoms with van der Waals surface area (Å²) in [4.78, 5) is 11.6. The number of amides is 1. The van der Waals surface area contributed by atoms with Crippen LogP contribution < -0.4 is 5.32 Å². The molecule has 0 aromatic heterocycles. The van der Waals surface area contributed by atoms with E-state index < -0.39 is 11.5 Å². The van der Waals surface area contributed by atoms with Crippen LogP contribution in [0.15, 0.2) is 5.16 Å². The first kappa shape index (κ1) is 13.7. The Morgan fingerprint density at radius 3 is 2.27 bits per heavy atom. The summed E-state index contributed by atoms with van der Waals surface area (Å²) < 4.78 is 10.0. The molecule has 88 valence electrons. The van der Waals surface area contributed by atoms with Crippen molar-refractivity contribution in [2.24, 2.45) is 11.1 Å². The third-order valence-corrected chi connectivity index (χ3v) is 2.28. The maximum absolute atomic E-state index is 11.6. The molecule has 6 heteroatoms. The average Bonchev–Trinajstić information content (AvgIpc) is 2.24.